The fourth-order valence-electron chi connectivity index (χ4n) is 1.03. The van der Waals surface area contributed by atoms with E-state index in [4.69, 9.17) is 0 Å². The van der Waals surface area contributed by atoms with Gasteiger partial charge < -0.3 is 0 Å². The summed E-state index contributed by atoms with van der Waals surface area (Å²) in [6.07, 6.45) is 3.19. The van der Waals surface area contributed by atoms with Gasteiger partial charge in [-0.05, 0) is 13.0 Å². The number of Topliss-reactive ketones (excluding diaryl/α,β-unsaturated/α-hetero) is 1. The fourth-order valence-corrected chi connectivity index (χ4v) is 1.03. The van der Waals surface area contributed by atoms with E-state index >= 15 is 0 Å². The lowest BCUT2D eigenvalue weighted by Crippen LogP contribution is -1.92. The van der Waals surface area contributed by atoms with E-state index in [2.05, 4.69) is 15.2 Å². The van der Waals surface area contributed by atoms with Gasteiger partial charge in [-0.25, -0.2) is 4.98 Å². The topological polar surface area (TPSA) is 58.6 Å². The van der Waals surface area contributed by atoms with Crippen LogP contribution in [0.1, 0.15) is 31.1 Å². The zero-order valence-electron chi connectivity index (χ0n) is 8.53. The minimum atomic E-state index is 0.0191. The third-order valence-corrected chi connectivity index (χ3v) is 1.70. The summed E-state index contributed by atoms with van der Waals surface area (Å²) < 4.78 is 0. The summed E-state index contributed by atoms with van der Waals surface area (Å²) in [5, 5.41) is 7.38. The second-order valence-electron chi connectivity index (χ2n) is 2.59. The molecule has 0 amide bonds. The number of H-pyrrole nitrogens is 1. The fraction of sp³-hybridized carbons (Fsp3) is 0.300. The average molecular weight is 191 g/mol. The van der Waals surface area contributed by atoms with Crippen molar-refractivity contribution in [2.24, 2.45) is 0 Å². The highest BCUT2D eigenvalue weighted by Gasteiger charge is 2.02. The zero-order chi connectivity index (χ0) is 10.6. The van der Waals surface area contributed by atoms with E-state index in [1.54, 1.807) is 18.5 Å². The Balaban J connectivity index is 0.000000461. The monoisotopic (exact) mass is 191 g/mol. The van der Waals surface area contributed by atoms with Gasteiger partial charge in [-0.15, -0.1) is 0 Å². The van der Waals surface area contributed by atoms with Gasteiger partial charge in [0, 0.05) is 17.1 Å². The second kappa shape index (κ2) is 4.50. The number of aromatic nitrogens is 3. The normalized spacial score (nSPS) is 9.36. The van der Waals surface area contributed by atoms with Crippen LogP contribution < -0.4 is 0 Å². The van der Waals surface area contributed by atoms with E-state index in [9.17, 15) is 4.79 Å². The predicted molar refractivity (Wildman–Crippen MR) is 55.2 cm³/mol. The Morgan fingerprint density at radius 1 is 1.36 bits per heavy atom. The van der Waals surface area contributed by atoms with E-state index in [-0.39, 0.29) is 5.78 Å². The van der Waals surface area contributed by atoms with Gasteiger partial charge in [-0.1, -0.05) is 13.8 Å². The number of ketones is 1. The van der Waals surface area contributed by atoms with E-state index in [0.29, 0.717) is 11.2 Å². The van der Waals surface area contributed by atoms with Crippen LogP contribution in [-0.2, 0) is 0 Å². The molecule has 0 saturated heterocycles. The highest BCUT2D eigenvalue weighted by Crippen LogP contribution is 2.09. The van der Waals surface area contributed by atoms with E-state index in [1.165, 1.54) is 6.92 Å². The van der Waals surface area contributed by atoms with Crippen LogP contribution in [0, 0.1) is 0 Å². The van der Waals surface area contributed by atoms with Gasteiger partial charge in [0.05, 0.1) is 6.20 Å². The summed E-state index contributed by atoms with van der Waals surface area (Å²) in [5.74, 6) is 0.0191. The maximum Gasteiger partial charge on any atom is 0.161 e. The van der Waals surface area contributed by atoms with Gasteiger partial charge in [0.15, 0.2) is 11.4 Å². The van der Waals surface area contributed by atoms with Gasteiger partial charge in [-0.3, -0.25) is 9.89 Å². The molecule has 0 aliphatic carbocycles. The standard InChI is InChI=1S/C8H7N3O.C2H6/c1-5(12)6-2-7-4-10-11-8(7)9-3-6;1-2/h2-4H,1H3,(H,9,10,11);1-2H3. The van der Waals surface area contributed by atoms with E-state index in [0.717, 1.165) is 5.39 Å². The second-order valence-corrected chi connectivity index (χ2v) is 2.59. The molecule has 0 spiro atoms. The molecule has 0 aliphatic rings. The van der Waals surface area contributed by atoms with Crippen LogP contribution in [0.4, 0.5) is 0 Å². The maximum atomic E-state index is 10.9. The molecule has 1 N–H and O–H groups in total. The highest BCUT2D eigenvalue weighted by atomic mass is 16.1. The summed E-state index contributed by atoms with van der Waals surface area (Å²) in [7, 11) is 0. The first-order valence-electron chi connectivity index (χ1n) is 4.57. The number of nitrogens with zero attached hydrogens (tertiary/aromatic N) is 2. The molecule has 0 radical (unpaired) electrons. The van der Waals surface area contributed by atoms with E-state index in [1.807, 2.05) is 13.8 Å². The van der Waals surface area contributed by atoms with Crippen molar-refractivity contribution in [3.05, 3.63) is 24.0 Å². The van der Waals surface area contributed by atoms with Crippen LogP contribution in [0.5, 0.6) is 0 Å². The minimum Gasteiger partial charge on any atom is -0.294 e. The summed E-state index contributed by atoms with van der Waals surface area (Å²) in [6, 6.07) is 1.77. The Labute approximate surface area is 82.4 Å². The van der Waals surface area contributed by atoms with Gasteiger partial charge >= 0.3 is 0 Å². The molecule has 4 heteroatoms. The van der Waals surface area contributed by atoms with Crippen LogP contribution in [0.3, 0.4) is 0 Å². The summed E-state index contributed by atoms with van der Waals surface area (Å²) in [5.41, 5.74) is 1.32. The van der Waals surface area contributed by atoms with Crippen LogP contribution in [-0.4, -0.2) is 21.0 Å². The van der Waals surface area contributed by atoms with Crippen molar-refractivity contribution in [2.45, 2.75) is 20.8 Å². The molecule has 0 unspecified atom stereocenters. The van der Waals surface area contributed by atoms with Crippen molar-refractivity contribution >= 4 is 16.8 Å². The minimum absolute atomic E-state index is 0.0191. The molecule has 0 atom stereocenters. The zero-order valence-corrected chi connectivity index (χ0v) is 8.53. The number of pyridine rings is 1. The molecular formula is C10H13N3O. The molecular weight excluding hydrogens is 178 g/mol. The third-order valence-electron chi connectivity index (χ3n) is 1.70. The van der Waals surface area contributed by atoms with E-state index < -0.39 is 0 Å². The van der Waals surface area contributed by atoms with Crippen molar-refractivity contribution in [1.82, 2.24) is 15.2 Å². The summed E-state index contributed by atoms with van der Waals surface area (Å²) in [4.78, 5) is 15.0. The maximum absolute atomic E-state index is 10.9. The lowest BCUT2D eigenvalue weighted by atomic mass is 10.2. The summed E-state index contributed by atoms with van der Waals surface area (Å²) >= 11 is 0. The number of hydrogen-bond acceptors (Lipinski definition) is 3. The molecule has 0 aromatic carbocycles. The van der Waals surface area contributed by atoms with Crippen molar-refractivity contribution < 1.29 is 4.79 Å². The van der Waals surface area contributed by atoms with Gasteiger partial charge in [0.2, 0.25) is 0 Å². The van der Waals surface area contributed by atoms with Crippen molar-refractivity contribution in [3.8, 4) is 0 Å². The number of carbonyl (C=O) groups is 1. The first-order chi connectivity index (χ1) is 6.77. The lowest BCUT2D eigenvalue weighted by Gasteiger charge is -1.92. The third kappa shape index (κ3) is 1.96. The molecule has 2 heterocycles. The Morgan fingerprint density at radius 3 is 2.71 bits per heavy atom. The molecule has 0 aliphatic heterocycles. The predicted octanol–water partition coefficient (Wildman–Crippen LogP) is 2.19. The number of aromatic amines is 1. The number of rotatable bonds is 1. The number of fused-ring (bicyclic) bond motifs is 1. The van der Waals surface area contributed by atoms with Crippen molar-refractivity contribution in [2.75, 3.05) is 0 Å². The van der Waals surface area contributed by atoms with Crippen LogP contribution in [0.2, 0.25) is 0 Å². The Bertz CT molecular complexity index is 434. The van der Waals surface area contributed by atoms with Crippen LogP contribution >= 0.6 is 0 Å². The lowest BCUT2D eigenvalue weighted by molar-refractivity contribution is 0.101. The Hall–Kier alpha value is -1.71. The molecule has 2 aromatic rings. The molecule has 14 heavy (non-hydrogen) atoms. The van der Waals surface area contributed by atoms with Crippen molar-refractivity contribution in [3.63, 3.8) is 0 Å². The average Bonchev–Trinajstić information content (AvgIpc) is 2.67. The van der Waals surface area contributed by atoms with Crippen LogP contribution in [0.25, 0.3) is 11.0 Å². The summed E-state index contributed by atoms with van der Waals surface area (Å²) in [6.45, 7) is 5.52. The molecule has 0 fully saturated rings. The highest BCUT2D eigenvalue weighted by molar-refractivity contribution is 5.96. The van der Waals surface area contributed by atoms with Crippen LogP contribution in [0.15, 0.2) is 18.5 Å². The first-order valence-corrected chi connectivity index (χ1v) is 4.57. The van der Waals surface area contributed by atoms with Gasteiger partial charge in [-0.2, -0.15) is 5.10 Å². The molecule has 2 rings (SSSR count). The van der Waals surface area contributed by atoms with Gasteiger partial charge in [0.25, 0.3) is 0 Å². The Kier molecular flexibility index (Phi) is 3.34. The molecule has 4 nitrogen and oxygen atoms in total. The van der Waals surface area contributed by atoms with Gasteiger partial charge in [0.1, 0.15) is 0 Å². The quantitative estimate of drug-likeness (QED) is 0.703. The first kappa shape index (κ1) is 10.4. The SMILES string of the molecule is CC.CC(=O)c1cnc2[nH]ncc2c1. The number of carbonyl (C=O) groups excluding carboxylic acids is 1. The molecule has 0 saturated carbocycles. The molecule has 2 aromatic heterocycles. The molecule has 74 valence electrons. The Morgan fingerprint density at radius 2 is 2.07 bits per heavy atom. The number of nitrogens with one attached hydrogen (secondary N) is 1. The van der Waals surface area contributed by atoms with Crippen molar-refractivity contribution in [1.29, 1.82) is 0 Å². The molecule has 0 bridgehead atoms. The number of hydrogen-bond donors (Lipinski definition) is 1. The smallest absolute Gasteiger partial charge is 0.161 e. The largest absolute Gasteiger partial charge is 0.294 e.